The molecule has 2 rings (SSSR count). The molecular weight excluding hydrogens is 267 g/mol. The third-order valence-corrected chi connectivity index (χ3v) is 3.94. The molecule has 0 radical (unpaired) electrons. The molecule has 0 bridgehead atoms. The average molecular weight is 288 g/mol. The quantitative estimate of drug-likeness (QED) is 0.807. The Hall–Kier alpha value is -1.86. The van der Waals surface area contributed by atoms with Crippen molar-refractivity contribution in [2.45, 2.75) is 26.7 Å². The average Bonchev–Trinajstić information content (AvgIpc) is 2.44. The number of hydrogen-bond donors (Lipinski definition) is 1. The maximum atomic E-state index is 13.4. The van der Waals surface area contributed by atoms with Gasteiger partial charge in [0.25, 0.3) is 5.91 Å². The molecule has 1 fully saturated rings. The predicted molar refractivity (Wildman–Crippen MR) is 81.3 cm³/mol. The fraction of sp³-hybridized carbons (Fsp3) is 0.471. The monoisotopic (exact) mass is 288 g/mol. The van der Waals surface area contributed by atoms with Crippen molar-refractivity contribution in [2.75, 3.05) is 19.6 Å². The van der Waals surface area contributed by atoms with Crippen LogP contribution >= 0.6 is 0 Å². The van der Waals surface area contributed by atoms with E-state index < -0.39 is 5.82 Å². The Morgan fingerprint density at radius 1 is 1.38 bits per heavy atom. The van der Waals surface area contributed by atoms with Gasteiger partial charge in [0.15, 0.2) is 0 Å². The van der Waals surface area contributed by atoms with Gasteiger partial charge in [0, 0.05) is 18.7 Å². The molecule has 4 heteroatoms. The zero-order valence-corrected chi connectivity index (χ0v) is 12.6. The molecule has 3 nitrogen and oxygen atoms in total. The van der Waals surface area contributed by atoms with E-state index in [0.29, 0.717) is 11.1 Å². The molecule has 0 atom stereocenters. The van der Waals surface area contributed by atoms with Crippen LogP contribution in [-0.2, 0) is 0 Å². The van der Waals surface area contributed by atoms with Crippen LogP contribution in [0, 0.1) is 23.1 Å². The highest BCUT2D eigenvalue weighted by atomic mass is 19.1. The van der Waals surface area contributed by atoms with Crippen LogP contribution in [-0.4, -0.2) is 30.4 Å². The molecule has 112 valence electrons. The summed E-state index contributed by atoms with van der Waals surface area (Å²) in [5.41, 5.74) is 6.50. The van der Waals surface area contributed by atoms with Crippen LogP contribution in [0.15, 0.2) is 18.2 Å². The first-order valence-electron chi connectivity index (χ1n) is 7.21. The van der Waals surface area contributed by atoms with Crippen molar-refractivity contribution in [2.24, 2.45) is 11.1 Å². The number of hydrogen-bond acceptors (Lipinski definition) is 2. The molecular formula is C17H21FN2O. The molecule has 1 heterocycles. The minimum atomic E-state index is -0.396. The van der Waals surface area contributed by atoms with E-state index in [1.165, 1.54) is 18.2 Å². The van der Waals surface area contributed by atoms with Crippen LogP contribution in [0.3, 0.4) is 0 Å². The van der Waals surface area contributed by atoms with Gasteiger partial charge in [-0.05, 0) is 36.5 Å². The molecule has 0 unspecified atom stereocenters. The van der Waals surface area contributed by atoms with E-state index in [1.807, 2.05) is 4.90 Å². The van der Waals surface area contributed by atoms with Gasteiger partial charge in [-0.1, -0.05) is 25.7 Å². The molecule has 1 aromatic carbocycles. The van der Waals surface area contributed by atoms with E-state index in [2.05, 4.69) is 25.7 Å². The van der Waals surface area contributed by atoms with Gasteiger partial charge in [-0.15, -0.1) is 0 Å². The van der Waals surface area contributed by atoms with Crippen LogP contribution in [0.25, 0.3) is 0 Å². The molecule has 0 aliphatic carbocycles. The standard InChI is InChI=1S/C17H21FN2O/c1-17(2)7-10-20(11-8-17)16(21)15-6-5-14(18)12-13(15)4-3-9-19/h5-6,12H,7-11,19H2,1-2H3. The predicted octanol–water partition coefficient (Wildman–Crippen LogP) is 2.40. The molecule has 2 N–H and O–H groups in total. The first kappa shape index (κ1) is 15.5. The van der Waals surface area contributed by atoms with E-state index >= 15 is 0 Å². The van der Waals surface area contributed by atoms with Crippen molar-refractivity contribution in [1.29, 1.82) is 0 Å². The van der Waals surface area contributed by atoms with Gasteiger partial charge >= 0.3 is 0 Å². The number of benzene rings is 1. The molecule has 1 aromatic rings. The summed E-state index contributed by atoms with van der Waals surface area (Å²) in [4.78, 5) is 14.4. The lowest BCUT2D eigenvalue weighted by atomic mass is 9.82. The second-order valence-electron chi connectivity index (χ2n) is 6.15. The molecule has 1 aliphatic rings. The molecule has 1 amide bonds. The second kappa shape index (κ2) is 6.28. The minimum absolute atomic E-state index is 0.0770. The van der Waals surface area contributed by atoms with Gasteiger partial charge in [0.05, 0.1) is 12.1 Å². The number of nitrogens with zero attached hydrogens (tertiary/aromatic N) is 1. The number of rotatable bonds is 1. The summed E-state index contributed by atoms with van der Waals surface area (Å²) in [6, 6.07) is 4.11. The number of halogens is 1. The van der Waals surface area contributed by atoms with E-state index in [-0.39, 0.29) is 17.9 Å². The van der Waals surface area contributed by atoms with Crippen LogP contribution in [0.1, 0.15) is 42.6 Å². The van der Waals surface area contributed by atoms with Gasteiger partial charge < -0.3 is 10.6 Å². The Morgan fingerprint density at radius 2 is 2.05 bits per heavy atom. The van der Waals surface area contributed by atoms with Crippen LogP contribution < -0.4 is 5.73 Å². The smallest absolute Gasteiger partial charge is 0.255 e. The largest absolute Gasteiger partial charge is 0.339 e. The van der Waals surface area contributed by atoms with Crippen molar-refractivity contribution in [3.05, 3.63) is 35.1 Å². The van der Waals surface area contributed by atoms with Crippen molar-refractivity contribution in [1.82, 2.24) is 4.90 Å². The number of amides is 1. The highest BCUT2D eigenvalue weighted by molar-refractivity contribution is 5.96. The second-order valence-corrected chi connectivity index (χ2v) is 6.15. The summed E-state index contributed by atoms with van der Waals surface area (Å²) >= 11 is 0. The Labute approximate surface area is 125 Å². The number of nitrogens with two attached hydrogens (primary N) is 1. The minimum Gasteiger partial charge on any atom is -0.339 e. The van der Waals surface area contributed by atoms with Gasteiger partial charge in [0.2, 0.25) is 0 Å². The number of carbonyl (C=O) groups excluding carboxylic acids is 1. The van der Waals surface area contributed by atoms with Gasteiger partial charge in [-0.3, -0.25) is 4.79 Å². The summed E-state index contributed by atoms with van der Waals surface area (Å²) in [5, 5.41) is 0. The van der Waals surface area contributed by atoms with Crippen LogP contribution in [0.2, 0.25) is 0 Å². The summed E-state index contributed by atoms with van der Waals surface area (Å²) in [6.45, 7) is 6.07. The topological polar surface area (TPSA) is 46.3 Å². The SMILES string of the molecule is CC1(C)CCN(C(=O)c2ccc(F)cc2C#CCN)CC1. The Kier molecular flexibility index (Phi) is 4.64. The van der Waals surface area contributed by atoms with Crippen molar-refractivity contribution >= 4 is 5.91 Å². The normalized spacial score (nSPS) is 17.0. The van der Waals surface area contributed by atoms with Gasteiger partial charge in [-0.25, -0.2) is 4.39 Å². The maximum absolute atomic E-state index is 13.4. The first-order chi connectivity index (χ1) is 9.93. The van der Waals surface area contributed by atoms with Gasteiger partial charge in [-0.2, -0.15) is 0 Å². The molecule has 1 saturated heterocycles. The summed E-state index contributed by atoms with van der Waals surface area (Å²) < 4.78 is 13.4. The van der Waals surface area contributed by atoms with Crippen LogP contribution in [0.4, 0.5) is 4.39 Å². The molecule has 1 aliphatic heterocycles. The lowest BCUT2D eigenvalue weighted by Gasteiger charge is -2.37. The zero-order valence-electron chi connectivity index (χ0n) is 12.6. The zero-order chi connectivity index (χ0) is 15.5. The summed E-state index contributed by atoms with van der Waals surface area (Å²) in [5.74, 6) is 5.00. The van der Waals surface area contributed by atoms with Crippen molar-refractivity contribution in [3.8, 4) is 11.8 Å². The maximum Gasteiger partial charge on any atom is 0.255 e. The number of carbonyl (C=O) groups is 1. The third-order valence-electron chi connectivity index (χ3n) is 3.94. The first-order valence-corrected chi connectivity index (χ1v) is 7.21. The fourth-order valence-electron chi connectivity index (χ4n) is 2.44. The molecule has 0 spiro atoms. The van der Waals surface area contributed by atoms with E-state index in [9.17, 15) is 9.18 Å². The lowest BCUT2D eigenvalue weighted by molar-refractivity contribution is 0.0630. The summed E-state index contributed by atoms with van der Waals surface area (Å²) in [6.07, 6.45) is 1.95. The Morgan fingerprint density at radius 3 is 2.67 bits per heavy atom. The Balaban J connectivity index is 2.23. The van der Waals surface area contributed by atoms with Crippen molar-refractivity contribution < 1.29 is 9.18 Å². The van der Waals surface area contributed by atoms with E-state index in [1.54, 1.807) is 0 Å². The fourth-order valence-corrected chi connectivity index (χ4v) is 2.44. The van der Waals surface area contributed by atoms with Crippen LogP contribution in [0.5, 0.6) is 0 Å². The molecule has 0 saturated carbocycles. The number of likely N-dealkylation sites (tertiary alicyclic amines) is 1. The number of piperidine rings is 1. The Bertz CT molecular complexity index is 589. The lowest BCUT2D eigenvalue weighted by Crippen LogP contribution is -2.41. The highest BCUT2D eigenvalue weighted by Gasteiger charge is 2.29. The van der Waals surface area contributed by atoms with E-state index in [4.69, 9.17) is 5.73 Å². The van der Waals surface area contributed by atoms with Gasteiger partial charge in [0.1, 0.15) is 5.82 Å². The molecule has 0 aromatic heterocycles. The van der Waals surface area contributed by atoms with E-state index in [0.717, 1.165) is 25.9 Å². The summed E-state index contributed by atoms with van der Waals surface area (Å²) in [7, 11) is 0. The van der Waals surface area contributed by atoms with Crippen molar-refractivity contribution in [3.63, 3.8) is 0 Å². The molecule has 21 heavy (non-hydrogen) atoms. The highest BCUT2D eigenvalue weighted by Crippen LogP contribution is 2.30. The third kappa shape index (κ3) is 3.83.